The quantitative estimate of drug-likeness (QED) is 0.857. The maximum Gasteiger partial charge on any atom is 0.316 e. The van der Waals surface area contributed by atoms with Crippen molar-refractivity contribution in [3.63, 3.8) is 0 Å². The molecule has 1 aromatic carbocycles. The molecule has 20 heavy (non-hydrogen) atoms. The van der Waals surface area contributed by atoms with Crippen molar-refractivity contribution in [1.82, 2.24) is 4.90 Å². The Hall–Kier alpha value is -2.08. The van der Waals surface area contributed by atoms with E-state index in [1.807, 2.05) is 13.8 Å². The number of nitrogens with two attached hydrogens (primary N) is 1. The number of primary amides is 1. The highest BCUT2D eigenvalue weighted by atomic mass is 16.5. The van der Waals surface area contributed by atoms with E-state index >= 15 is 0 Å². The molecule has 3 N–H and O–H groups in total. The monoisotopic (exact) mass is 277 g/mol. The van der Waals surface area contributed by atoms with Crippen molar-refractivity contribution in [2.45, 2.75) is 26.1 Å². The Morgan fingerprint density at radius 1 is 1.30 bits per heavy atom. The fraction of sp³-hybridized carbons (Fsp3) is 0.429. The molecule has 0 aromatic heterocycles. The minimum atomic E-state index is -0.650. The smallest absolute Gasteiger partial charge is 0.316 e. The summed E-state index contributed by atoms with van der Waals surface area (Å²) in [5.41, 5.74) is 6.11. The molecular formula is C14H19N3O3. The maximum absolute atomic E-state index is 12.5. The van der Waals surface area contributed by atoms with Gasteiger partial charge in [-0.25, -0.2) is 4.79 Å². The van der Waals surface area contributed by atoms with Crippen LogP contribution in [-0.4, -0.2) is 42.1 Å². The third-order valence-electron chi connectivity index (χ3n) is 3.08. The van der Waals surface area contributed by atoms with Gasteiger partial charge in [-0.1, -0.05) is 6.07 Å². The van der Waals surface area contributed by atoms with Gasteiger partial charge in [-0.2, -0.15) is 0 Å². The van der Waals surface area contributed by atoms with Crippen LogP contribution < -0.4 is 11.1 Å². The summed E-state index contributed by atoms with van der Waals surface area (Å²) in [5, 5.41) is 2.46. The average Bonchev–Trinajstić information content (AvgIpc) is 2.36. The molecular weight excluding hydrogens is 258 g/mol. The number of urea groups is 1. The van der Waals surface area contributed by atoms with Crippen LogP contribution in [0.5, 0.6) is 0 Å². The van der Waals surface area contributed by atoms with Crippen molar-refractivity contribution >= 4 is 17.6 Å². The summed E-state index contributed by atoms with van der Waals surface area (Å²) in [6.45, 7) is 5.02. The van der Waals surface area contributed by atoms with Crippen molar-refractivity contribution in [3.8, 4) is 0 Å². The number of ether oxygens (including phenoxy) is 1. The molecule has 0 aliphatic carbocycles. The molecule has 1 aliphatic rings. The van der Waals surface area contributed by atoms with Gasteiger partial charge in [0.2, 0.25) is 0 Å². The number of nitrogens with one attached hydrogen (secondary N) is 1. The Morgan fingerprint density at radius 3 is 2.55 bits per heavy atom. The highest BCUT2D eigenvalue weighted by Crippen LogP contribution is 2.17. The summed E-state index contributed by atoms with van der Waals surface area (Å²) in [5.74, 6) is -0.0693. The molecule has 6 nitrogen and oxygen atoms in total. The van der Waals surface area contributed by atoms with Gasteiger partial charge in [-0.3, -0.25) is 4.79 Å². The van der Waals surface area contributed by atoms with E-state index in [2.05, 4.69) is 5.32 Å². The lowest BCUT2D eigenvalue weighted by Gasteiger charge is -2.35. The number of morpholine rings is 1. The largest absolute Gasteiger partial charge is 0.372 e. The molecule has 1 saturated heterocycles. The Kier molecular flexibility index (Phi) is 4.24. The van der Waals surface area contributed by atoms with Crippen LogP contribution in [0.2, 0.25) is 0 Å². The number of hydrogen-bond donors (Lipinski definition) is 2. The molecule has 0 spiro atoms. The van der Waals surface area contributed by atoms with Crippen molar-refractivity contribution < 1.29 is 14.3 Å². The molecule has 0 unspecified atom stereocenters. The predicted molar refractivity (Wildman–Crippen MR) is 75.6 cm³/mol. The van der Waals surface area contributed by atoms with E-state index in [1.54, 1.807) is 29.2 Å². The number of anilines is 1. The molecule has 108 valence electrons. The van der Waals surface area contributed by atoms with Gasteiger partial charge in [0.15, 0.2) is 0 Å². The van der Waals surface area contributed by atoms with Gasteiger partial charge in [-0.05, 0) is 32.0 Å². The molecule has 1 heterocycles. The third-order valence-corrected chi connectivity index (χ3v) is 3.08. The Bertz CT molecular complexity index is 508. The summed E-state index contributed by atoms with van der Waals surface area (Å²) in [6, 6.07) is 6.10. The van der Waals surface area contributed by atoms with Crippen LogP contribution in [0, 0.1) is 0 Å². The Morgan fingerprint density at radius 2 is 1.95 bits per heavy atom. The number of benzene rings is 1. The lowest BCUT2D eigenvalue weighted by atomic mass is 10.1. The summed E-state index contributed by atoms with van der Waals surface area (Å²) in [6.07, 6.45) is 0.0456. The topological polar surface area (TPSA) is 84.7 Å². The number of amides is 3. The zero-order chi connectivity index (χ0) is 14.7. The molecule has 0 saturated carbocycles. The van der Waals surface area contributed by atoms with E-state index in [9.17, 15) is 9.59 Å². The lowest BCUT2D eigenvalue weighted by molar-refractivity contribution is -0.0586. The molecule has 2 rings (SSSR count). The maximum atomic E-state index is 12.5. The standard InChI is InChI=1S/C14H19N3O3/c1-9-7-17(8-10(2)20-9)13(18)11-4-3-5-12(6-11)16-14(15)19/h3-6,9-10H,7-8H2,1-2H3,(H3,15,16,19)/t9-,10+. The second kappa shape index (κ2) is 5.92. The summed E-state index contributed by atoms with van der Waals surface area (Å²) in [7, 11) is 0. The van der Waals surface area contributed by atoms with Crippen molar-refractivity contribution in [1.29, 1.82) is 0 Å². The van der Waals surface area contributed by atoms with Gasteiger partial charge in [0.05, 0.1) is 12.2 Å². The van der Waals surface area contributed by atoms with Gasteiger partial charge in [0.1, 0.15) is 0 Å². The third kappa shape index (κ3) is 3.48. The first-order valence-corrected chi connectivity index (χ1v) is 6.57. The first-order valence-electron chi connectivity index (χ1n) is 6.57. The average molecular weight is 277 g/mol. The zero-order valence-electron chi connectivity index (χ0n) is 11.6. The highest BCUT2D eigenvalue weighted by molar-refractivity contribution is 5.96. The zero-order valence-corrected chi connectivity index (χ0v) is 11.6. The van der Waals surface area contributed by atoms with Gasteiger partial charge in [0, 0.05) is 24.3 Å². The predicted octanol–water partition coefficient (Wildman–Crippen LogP) is 1.43. The van der Waals surface area contributed by atoms with Gasteiger partial charge in [0.25, 0.3) is 5.91 Å². The van der Waals surface area contributed by atoms with E-state index in [-0.39, 0.29) is 18.1 Å². The van der Waals surface area contributed by atoms with Gasteiger partial charge >= 0.3 is 6.03 Å². The molecule has 1 fully saturated rings. The van der Waals surface area contributed by atoms with E-state index in [4.69, 9.17) is 10.5 Å². The normalized spacial score (nSPS) is 22.4. The number of carbonyl (C=O) groups excluding carboxylic acids is 2. The van der Waals surface area contributed by atoms with Crippen LogP contribution in [0.25, 0.3) is 0 Å². The van der Waals surface area contributed by atoms with E-state index < -0.39 is 6.03 Å². The van der Waals surface area contributed by atoms with Crippen LogP contribution in [0.3, 0.4) is 0 Å². The van der Waals surface area contributed by atoms with Crippen LogP contribution in [0.1, 0.15) is 24.2 Å². The number of hydrogen-bond acceptors (Lipinski definition) is 3. The van der Waals surface area contributed by atoms with Crippen LogP contribution >= 0.6 is 0 Å². The molecule has 3 amide bonds. The van der Waals surface area contributed by atoms with Crippen molar-refractivity contribution in [2.24, 2.45) is 5.73 Å². The lowest BCUT2D eigenvalue weighted by Crippen LogP contribution is -2.48. The number of carbonyl (C=O) groups is 2. The molecule has 0 radical (unpaired) electrons. The fourth-order valence-electron chi connectivity index (χ4n) is 2.40. The second-order valence-corrected chi connectivity index (χ2v) is 5.04. The van der Waals surface area contributed by atoms with E-state index in [0.717, 1.165) is 0 Å². The fourth-order valence-corrected chi connectivity index (χ4v) is 2.40. The SMILES string of the molecule is C[C@@H]1CN(C(=O)c2cccc(NC(N)=O)c2)C[C@H](C)O1. The highest BCUT2D eigenvalue weighted by Gasteiger charge is 2.26. The molecule has 2 atom stereocenters. The second-order valence-electron chi connectivity index (χ2n) is 5.04. The van der Waals surface area contributed by atoms with Gasteiger partial charge < -0.3 is 20.7 Å². The van der Waals surface area contributed by atoms with Crippen LogP contribution in [0.15, 0.2) is 24.3 Å². The van der Waals surface area contributed by atoms with Crippen molar-refractivity contribution in [2.75, 3.05) is 18.4 Å². The van der Waals surface area contributed by atoms with E-state index in [0.29, 0.717) is 24.3 Å². The molecule has 0 bridgehead atoms. The number of nitrogens with zero attached hydrogens (tertiary/aromatic N) is 1. The molecule has 1 aliphatic heterocycles. The van der Waals surface area contributed by atoms with Gasteiger partial charge in [-0.15, -0.1) is 0 Å². The summed E-state index contributed by atoms with van der Waals surface area (Å²) in [4.78, 5) is 25.1. The summed E-state index contributed by atoms with van der Waals surface area (Å²) < 4.78 is 5.61. The first-order chi connectivity index (χ1) is 9.45. The van der Waals surface area contributed by atoms with E-state index in [1.165, 1.54) is 0 Å². The Labute approximate surface area is 117 Å². The molecule has 1 aromatic rings. The van der Waals surface area contributed by atoms with Crippen LogP contribution in [-0.2, 0) is 4.74 Å². The minimum absolute atomic E-state index is 0.0228. The number of rotatable bonds is 2. The minimum Gasteiger partial charge on any atom is -0.372 e. The summed E-state index contributed by atoms with van der Waals surface area (Å²) >= 11 is 0. The first kappa shape index (κ1) is 14.3. The Balaban J connectivity index is 2.14. The van der Waals surface area contributed by atoms with Crippen LogP contribution in [0.4, 0.5) is 10.5 Å². The van der Waals surface area contributed by atoms with Crippen molar-refractivity contribution in [3.05, 3.63) is 29.8 Å². The molecule has 6 heteroatoms.